The van der Waals surface area contributed by atoms with Gasteiger partial charge in [-0.2, -0.15) is 0 Å². The Balaban J connectivity index is 2.77. The zero-order valence-corrected chi connectivity index (χ0v) is 10.9. The van der Waals surface area contributed by atoms with Gasteiger partial charge >= 0.3 is 0 Å². The molecule has 0 aromatic carbocycles. The summed E-state index contributed by atoms with van der Waals surface area (Å²) in [4.78, 5) is 10.4. The summed E-state index contributed by atoms with van der Waals surface area (Å²) in [5.41, 5.74) is 6.93. The van der Waals surface area contributed by atoms with Crippen molar-refractivity contribution in [1.29, 1.82) is 0 Å². The summed E-state index contributed by atoms with van der Waals surface area (Å²) >= 11 is 0. The largest absolute Gasteiger partial charge is 0.383 e. The minimum absolute atomic E-state index is 0.583. The van der Waals surface area contributed by atoms with E-state index in [1.807, 2.05) is 14.0 Å². The molecule has 1 heterocycles. The third-order valence-corrected chi connectivity index (χ3v) is 2.59. The van der Waals surface area contributed by atoms with E-state index in [9.17, 15) is 0 Å². The van der Waals surface area contributed by atoms with Gasteiger partial charge in [0.2, 0.25) is 0 Å². The molecule has 5 heteroatoms. The number of anilines is 2. The van der Waals surface area contributed by atoms with Crippen LogP contribution in [0.5, 0.6) is 0 Å². The molecule has 0 aliphatic rings. The van der Waals surface area contributed by atoms with E-state index >= 15 is 0 Å². The van der Waals surface area contributed by atoms with Crippen LogP contribution in [0.3, 0.4) is 0 Å². The number of nitrogens with zero attached hydrogens (tertiary/aromatic N) is 3. The number of rotatable bonds is 7. The van der Waals surface area contributed by atoms with E-state index in [2.05, 4.69) is 21.8 Å². The van der Waals surface area contributed by atoms with Crippen LogP contribution in [0.15, 0.2) is 6.33 Å². The van der Waals surface area contributed by atoms with Gasteiger partial charge in [-0.15, -0.1) is 0 Å². The maximum atomic E-state index is 5.89. The second kappa shape index (κ2) is 7.06. The van der Waals surface area contributed by atoms with Crippen LogP contribution in [0.2, 0.25) is 0 Å². The average Bonchev–Trinajstić information content (AvgIpc) is 2.32. The van der Waals surface area contributed by atoms with Crippen molar-refractivity contribution in [2.45, 2.75) is 26.7 Å². The monoisotopic (exact) mass is 238 g/mol. The highest BCUT2D eigenvalue weighted by atomic mass is 16.5. The summed E-state index contributed by atoms with van der Waals surface area (Å²) in [5, 5.41) is 0. The van der Waals surface area contributed by atoms with Gasteiger partial charge in [-0.3, -0.25) is 0 Å². The summed E-state index contributed by atoms with van der Waals surface area (Å²) in [6.45, 7) is 6.35. The molecule has 0 atom stereocenters. The van der Waals surface area contributed by atoms with E-state index in [-0.39, 0.29) is 0 Å². The number of ether oxygens (including phenoxy) is 1. The number of nitrogens with two attached hydrogens (primary N) is 1. The molecular weight excluding hydrogens is 216 g/mol. The molecule has 0 radical (unpaired) electrons. The van der Waals surface area contributed by atoms with Crippen molar-refractivity contribution >= 4 is 11.6 Å². The predicted molar refractivity (Wildman–Crippen MR) is 70.2 cm³/mol. The summed E-state index contributed by atoms with van der Waals surface area (Å²) < 4.78 is 5.34. The quantitative estimate of drug-likeness (QED) is 0.729. The van der Waals surface area contributed by atoms with Crippen LogP contribution >= 0.6 is 0 Å². The molecule has 0 aliphatic carbocycles. The lowest BCUT2D eigenvalue weighted by Gasteiger charge is -2.21. The van der Waals surface area contributed by atoms with Gasteiger partial charge in [0.25, 0.3) is 0 Å². The smallest absolute Gasteiger partial charge is 0.137 e. The molecule has 0 aliphatic heterocycles. The number of likely N-dealkylation sites (N-methyl/N-ethyl adjacent to an activating group) is 1. The molecule has 5 nitrogen and oxygen atoms in total. The second-order valence-electron chi connectivity index (χ2n) is 3.93. The van der Waals surface area contributed by atoms with Crippen LogP contribution in [-0.4, -0.2) is 36.8 Å². The first-order valence-electron chi connectivity index (χ1n) is 6.08. The third-order valence-electron chi connectivity index (χ3n) is 2.59. The van der Waals surface area contributed by atoms with Gasteiger partial charge in [0.1, 0.15) is 18.0 Å². The minimum Gasteiger partial charge on any atom is -0.383 e. The van der Waals surface area contributed by atoms with Gasteiger partial charge in [-0.05, 0) is 13.3 Å². The maximum Gasteiger partial charge on any atom is 0.137 e. The van der Waals surface area contributed by atoms with Crippen LogP contribution < -0.4 is 10.6 Å². The van der Waals surface area contributed by atoms with Gasteiger partial charge in [-0.25, -0.2) is 9.97 Å². The van der Waals surface area contributed by atoms with Gasteiger partial charge < -0.3 is 15.4 Å². The molecule has 0 saturated heterocycles. The normalized spacial score (nSPS) is 10.5. The van der Waals surface area contributed by atoms with E-state index in [0.717, 1.165) is 37.4 Å². The molecule has 0 saturated carbocycles. The standard InChI is InChI=1S/C12H22N4O/c1-4-6-10-11(13)14-9-15-12(10)16(3)7-8-17-5-2/h9H,4-8H2,1-3H3,(H2,13,14,15). The Morgan fingerprint density at radius 1 is 1.35 bits per heavy atom. The first-order valence-corrected chi connectivity index (χ1v) is 6.08. The molecule has 0 spiro atoms. The summed E-state index contributed by atoms with van der Waals surface area (Å²) in [7, 11) is 2.00. The first kappa shape index (κ1) is 13.7. The molecule has 0 fully saturated rings. The Morgan fingerprint density at radius 2 is 2.12 bits per heavy atom. The molecule has 0 bridgehead atoms. The molecule has 0 amide bonds. The van der Waals surface area contributed by atoms with Crippen molar-refractivity contribution in [3.05, 3.63) is 11.9 Å². The van der Waals surface area contributed by atoms with E-state index in [4.69, 9.17) is 10.5 Å². The number of hydrogen-bond acceptors (Lipinski definition) is 5. The summed E-state index contributed by atoms with van der Waals surface area (Å²) in [6.07, 6.45) is 3.45. The van der Waals surface area contributed by atoms with E-state index < -0.39 is 0 Å². The molecule has 0 unspecified atom stereocenters. The van der Waals surface area contributed by atoms with Crippen molar-refractivity contribution in [2.24, 2.45) is 0 Å². The van der Waals surface area contributed by atoms with Crippen LogP contribution in [0.4, 0.5) is 11.6 Å². The van der Waals surface area contributed by atoms with E-state index in [1.165, 1.54) is 6.33 Å². The summed E-state index contributed by atoms with van der Waals surface area (Å²) in [6, 6.07) is 0. The fourth-order valence-corrected chi connectivity index (χ4v) is 1.69. The zero-order valence-electron chi connectivity index (χ0n) is 10.9. The second-order valence-corrected chi connectivity index (χ2v) is 3.93. The Bertz CT molecular complexity index is 343. The van der Waals surface area contributed by atoms with Crippen LogP contribution in [0, 0.1) is 0 Å². The van der Waals surface area contributed by atoms with Crippen LogP contribution in [0.25, 0.3) is 0 Å². The number of hydrogen-bond donors (Lipinski definition) is 1. The zero-order chi connectivity index (χ0) is 12.7. The lowest BCUT2D eigenvalue weighted by Crippen LogP contribution is -2.25. The molecular formula is C12H22N4O. The number of nitrogen functional groups attached to an aromatic ring is 1. The number of aromatic nitrogens is 2. The highest BCUT2D eigenvalue weighted by Gasteiger charge is 2.12. The topological polar surface area (TPSA) is 64.3 Å². The fourth-order valence-electron chi connectivity index (χ4n) is 1.69. The lowest BCUT2D eigenvalue weighted by molar-refractivity contribution is 0.154. The summed E-state index contributed by atoms with van der Waals surface area (Å²) in [5.74, 6) is 1.50. The van der Waals surface area contributed by atoms with Gasteiger partial charge in [-0.1, -0.05) is 13.3 Å². The van der Waals surface area contributed by atoms with Crippen molar-refractivity contribution in [3.8, 4) is 0 Å². The van der Waals surface area contributed by atoms with Crippen LogP contribution in [-0.2, 0) is 11.2 Å². The Labute approximate surface area is 103 Å². The molecule has 96 valence electrons. The third kappa shape index (κ3) is 3.85. The molecule has 1 aromatic heterocycles. The molecule has 1 aromatic rings. The van der Waals surface area contributed by atoms with Gasteiger partial charge in [0.05, 0.1) is 6.61 Å². The van der Waals surface area contributed by atoms with E-state index in [1.54, 1.807) is 0 Å². The van der Waals surface area contributed by atoms with Crippen molar-refractivity contribution in [3.63, 3.8) is 0 Å². The highest BCUT2D eigenvalue weighted by Crippen LogP contribution is 2.21. The molecule has 2 N–H and O–H groups in total. The average molecular weight is 238 g/mol. The van der Waals surface area contributed by atoms with Crippen LogP contribution in [0.1, 0.15) is 25.8 Å². The van der Waals surface area contributed by atoms with Crippen molar-refractivity contribution in [2.75, 3.05) is 37.4 Å². The SMILES string of the molecule is CCCc1c(N)ncnc1N(C)CCOCC. The van der Waals surface area contributed by atoms with Gasteiger partial charge in [0.15, 0.2) is 0 Å². The first-order chi connectivity index (χ1) is 8.20. The Hall–Kier alpha value is -1.36. The van der Waals surface area contributed by atoms with Crippen molar-refractivity contribution in [1.82, 2.24) is 9.97 Å². The maximum absolute atomic E-state index is 5.89. The van der Waals surface area contributed by atoms with E-state index in [0.29, 0.717) is 12.4 Å². The molecule has 17 heavy (non-hydrogen) atoms. The minimum atomic E-state index is 0.583. The Morgan fingerprint density at radius 3 is 2.76 bits per heavy atom. The highest BCUT2D eigenvalue weighted by molar-refractivity contribution is 5.56. The molecule has 1 rings (SSSR count). The van der Waals surface area contributed by atoms with Crippen molar-refractivity contribution < 1.29 is 4.74 Å². The fraction of sp³-hybridized carbons (Fsp3) is 0.667. The Kier molecular flexibility index (Phi) is 5.69. The predicted octanol–water partition coefficient (Wildman–Crippen LogP) is 1.48. The lowest BCUT2D eigenvalue weighted by atomic mass is 10.1. The van der Waals surface area contributed by atoms with Gasteiger partial charge in [0, 0.05) is 25.8 Å².